The van der Waals surface area contributed by atoms with Gasteiger partial charge in [-0.25, -0.2) is 0 Å². The van der Waals surface area contributed by atoms with Crippen molar-refractivity contribution in [1.82, 2.24) is 5.32 Å². The maximum Gasteiger partial charge on any atom is 0.0328 e. The van der Waals surface area contributed by atoms with Crippen LogP contribution in [0.4, 0.5) is 0 Å². The summed E-state index contributed by atoms with van der Waals surface area (Å²) < 4.78 is 0. The van der Waals surface area contributed by atoms with E-state index in [1.54, 1.807) is 5.57 Å². The maximum atomic E-state index is 5.70. The Balaban J connectivity index is 0.000000235. The van der Waals surface area contributed by atoms with Crippen LogP contribution in [-0.4, -0.2) is 12.6 Å². The van der Waals surface area contributed by atoms with Crippen LogP contribution in [0.2, 0.25) is 0 Å². The summed E-state index contributed by atoms with van der Waals surface area (Å²) in [5.41, 5.74) is 8.72. The Kier molecular flexibility index (Phi) is 9.49. The van der Waals surface area contributed by atoms with Crippen LogP contribution in [0.25, 0.3) is 0 Å². The fourth-order valence-corrected chi connectivity index (χ4v) is 3.00. The molecule has 0 heterocycles. The molecule has 122 valence electrons. The summed E-state index contributed by atoms with van der Waals surface area (Å²) in [4.78, 5) is 0. The van der Waals surface area contributed by atoms with Gasteiger partial charge in [0.1, 0.15) is 0 Å². The molecule has 0 spiro atoms. The van der Waals surface area contributed by atoms with Crippen LogP contribution in [0.5, 0.6) is 0 Å². The second-order valence-corrected chi connectivity index (χ2v) is 6.66. The van der Waals surface area contributed by atoms with E-state index < -0.39 is 0 Å². The summed E-state index contributed by atoms with van der Waals surface area (Å²) in [6, 6.07) is 0.520. The Morgan fingerprint density at radius 2 is 1.86 bits per heavy atom. The number of nitrogens with two attached hydrogens (primary N) is 1. The number of nitrogens with one attached hydrogen (secondary N) is 1. The Hall–Kier alpha value is -0.760. The van der Waals surface area contributed by atoms with Gasteiger partial charge in [-0.2, -0.15) is 0 Å². The molecule has 0 amide bonds. The Bertz CT molecular complexity index is 312. The lowest BCUT2D eigenvalue weighted by Crippen LogP contribution is -2.25. The van der Waals surface area contributed by atoms with Crippen molar-refractivity contribution in [1.29, 1.82) is 0 Å². The Morgan fingerprint density at radius 1 is 1.14 bits per heavy atom. The molecule has 2 rings (SSSR count). The summed E-state index contributed by atoms with van der Waals surface area (Å²) in [6.07, 6.45) is 15.9. The van der Waals surface area contributed by atoms with Crippen LogP contribution in [0.3, 0.4) is 0 Å². The minimum Gasteiger partial charge on any atom is -0.385 e. The van der Waals surface area contributed by atoms with Gasteiger partial charge in [-0.15, -0.1) is 0 Å². The third-order valence-corrected chi connectivity index (χ3v) is 4.46. The van der Waals surface area contributed by atoms with E-state index in [1.165, 1.54) is 63.5 Å². The number of allylic oxidation sites excluding steroid dienone is 3. The van der Waals surface area contributed by atoms with Gasteiger partial charge in [0.25, 0.3) is 0 Å². The zero-order valence-electron chi connectivity index (χ0n) is 14.5. The second-order valence-electron chi connectivity index (χ2n) is 6.66. The van der Waals surface area contributed by atoms with Crippen molar-refractivity contribution in [3.8, 4) is 0 Å². The van der Waals surface area contributed by atoms with Gasteiger partial charge >= 0.3 is 0 Å². The molecule has 2 aliphatic rings. The number of hydrogen-bond acceptors (Lipinski definition) is 2. The van der Waals surface area contributed by atoms with E-state index in [9.17, 15) is 0 Å². The van der Waals surface area contributed by atoms with Gasteiger partial charge in [-0.1, -0.05) is 33.3 Å². The average Bonchev–Trinajstić information content (AvgIpc) is 2.50. The topological polar surface area (TPSA) is 38.0 Å². The molecule has 0 aliphatic heterocycles. The third kappa shape index (κ3) is 7.71. The molecule has 0 radical (unpaired) electrons. The summed E-state index contributed by atoms with van der Waals surface area (Å²) in [5.74, 6) is 0.940. The standard InChI is InChI=1S/C12H21N.C7H15N/c1-3-7-11-8-5-6-9-12(11)13-10-4-2;1-6-2-4-7(8)5-3-6/h6,9,13H,3-5,7-8,10H2,1-2H3;6-7H,2-5,8H2,1H3. The first-order valence-corrected chi connectivity index (χ1v) is 9.05. The molecular weight excluding hydrogens is 256 g/mol. The molecular formula is C19H36N2. The van der Waals surface area contributed by atoms with Crippen molar-refractivity contribution < 1.29 is 0 Å². The van der Waals surface area contributed by atoms with Gasteiger partial charge in [0.2, 0.25) is 0 Å². The van der Waals surface area contributed by atoms with Crippen LogP contribution in [0, 0.1) is 5.92 Å². The minimum atomic E-state index is 0.520. The van der Waals surface area contributed by atoms with E-state index in [0.29, 0.717) is 6.04 Å². The zero-order valence-corrected chi connectivity index (χ0v) is 14.5. The lowest BCUT2D eigenvalue weighted by molar-refractivity contribution is 0.348. The monoisotopic (exact) mass is 292 g/mol. The van der Waals surface area contributed by atoms with Crippen molar-refractivity contribution in [2.24, 2.45) is 11.7 Å². The molecule has 21 heavy (non-hydrogen) atoms. The summed E-state index contributed by atoms with van der Waals surface area (Å²) in [7, 11) is 0. The largest absolute Gasteiger partial charge is 0.385 e. The van der Waals surface area contributed by atoms with Gasteiger partial charge < -0.3 is 11.1 Å². The normalized spacial score (nSPS) is 25.3. The Labute approximate surface area is 132 Å². The molecule has 0 saturated heterocycles. The minimum absolute atomic E-state index is 0.520. The van der Waals surface area contributed by atoms with Crippen LogP contribution in [0.15, 0.2) is 23.4 Å². The van der Waals surface area contributed by atoms with E-state index in [-0.39, 0.29) is 0 Å². The van der Waals surface area contributed by atoms with Gasteiger partial charge in [-0.3, -0.25) is 0 Å². The van der Waals surface area contributed by atoms with Crippen molar-refractivity contribution in [2.75, 3.05) is 6.54 Å². The fourth-order valence-electron chi connectivity index (χ4n) is 3.00. The second kappa shape index (κ2) is 10.9. The molecule has 3 N–H and O–H groups in total. The smallest absolute Gasteiger partial charge is 0.0328 e. The highest BCUT2D eigenvalue weighted by Crippen LogP contribution is 2.22. The average molecular weight is 293 g/mol. The molecule has 0 aromatic rings. The zero-order chi connectivity index (χ0) is 15.5. The highest BCUT2D eigenvalue weighted by atomic mass is 14.9. The lowest BCUT2D eigenvalue weighted by atomic mass is 9.88. The van der Waals surface area contributed by atoms with E-state index in [1.807, 2.05) is 0 Å². The molecule has 0 unspecified atom stereocenters. The SMILES string of the molecule is CC1CCC(N)CC1.CCCNC1=C(CCC)CCC=C1. The van der Waals surface area contributed by atoms with Crippen LogP contribution >= 0.6 is 0 Å². The molecule has 2 heteroatoms. The van der Waals surface area contributed by atoms with Crippen LogP contribution in [0.1, 0.15) is 78.6 Å². The van der Waals surface area contributed by atoms with Gasteiger partial charge in [0, 0.05) is 18.3 Å². The van der Waals surface area contributed by atoms with Crippen LogP contribution in [-0.2, 0) is 0 Å². The molecule has 2 nitrogen and oxygen atoms in total. The van der Waals surface area contributed by atoms with Gasteiger partial charge in [-0.05, 0) is 68.9 Å². The van der Waals surface area contributed by atoms with Crippen molar-refractivity contribution in [3.05, 3.63) is 23.4 Å². The number of rotatable bonds is 5. The van der Waals surface area contributed by atoms with Crippen molar-refractivity contribution in [2.45, 2.75) is 84.6 Å². The maximum absolute atomic E-state index is 5.70. The molecule has 0 atom stereocenters. The van der Waals surface area contributed by atoms with Crippen molar-refractivity contribution >= 4 is 0 Å². The fraction of sp³-hybridized carbons (Fsp3) is 0.789. The first-order valence-electron chi connectivity index (χ1n) is 9.05. The molecule has 2 aliphatic carbocycles. The highest BCUT2D eigenvalue weighted by molar-refractivity contribution is 5.28. The third-order valence-electron chi connectivity index (χ3n) is 4.46. The molecule has 0 bridgehead atoms. The molecule has 1 saturated carbocycles. The summed E-state index contributed by atoms with van der Waals surface area (Å²) in [5, 5.41) is 3.50. The first kappa shape index (κ1) is 18.3. The van der Waals surface area contributed by atoms with Crippen LogP contribution < -0.4 is 11.1 Å². The molecule has 0 aromatic heterocycles. The van der Waals surface area contributed by atoms with Gasteiger partial charge in [0.15, 0.2) is 0 Å². The van der Waals surface area contributed by atoms with E-state index >= 15 is 0 Å². The lowest BCUT2D eigenvalue weighted by Gasteiger charge is -2.22. The predicted molar refractivity (Wildman–Crippen MR) is 94.2 cm³/mol. The molecule has 0 aromatic carbocycles. The van der Waals surface area contributed by atoms with E-state index in [0.717, 1.165) is 12.5 Å². The predicted octanol–water partition coefficient (Wildman–Crippen LogP) is 4.91. The number of hydrogen-bond donors (Lipinski definition) is 2. The van der Waals surface area contributed by atoms with E-state index in [4.69, 9.17) is 5.73 Å². The summed E-state index contributed by atoms with van der Waals surface area (Å²) >= 11 is 0. The quantitative estimate of drug-likeness (QED) is 0.755. The first-order chi connectivity index (χ1) is 10.2. The Morgan fingerprint density at radius 3 is 2.43 bits per heavy atom. The van der Waals surface area contributed by atoms with Gasteiger partial charge in [0.05, 0.1) is 0 Å². The van der Waals surface area contributed by atoms with E-state index in [2.05, 4.69) is 38.2 Å². The molecule has 1 fully saturated rings. The van der Waals surface area contributed by atoms with Crippen molar-refractivity contribution in [3.63, 3.8) is 0 Å². The highest BCUT2D eigenvalue weighted by Gasteiger charge is 2.13. The summed E-state index contributed by atoms with van der Waals surface area (Å²) in [6.45, 7) is 7.88.